The van der Waals surface area contributed by atoms with Gasteiger partial charge in [-0.2, -0.15) is 0 Å². The van der Waals surface area contributed by atoms with E-state index < -0.39 is 0 Å². The van der Waals surface area contributed by atoms with Gasteiger partial charge in [0.1, 0.15) is 5.82 Å². The lowest BCUT2D eigenvalue weighted by atomic mass is 10.2. The zero-order valence-electron chi connectivity index (χ0n) is 8.87. The number of benzene rings is 1. The molecule has 0 atom stereocenters. The Morgan fingerprint density at radius 1 is 1.56 bits per heavy atom. The van der Waals surface area contributed by atoms with Crippen molar-refractivity contribution >= 4 is 34.6 Å². The lowest BCUT2D eigenvalue weighted by Crippen LogP contribution is -1.84. The molecular weight excluding hydrogens is 247 g/mol. The Morgan fingerprint density at radius 2 is 2.31 bits per heavy atom. The third kappa shape index (κ3) is 4.81. The second kappa shape index (κ2) is 6.71. The highest BCUT2D eigenvalue weighted by atomic mass is 35.5. The van der Waals surface area contributed by atoms with E-state index in [1.54, 1.807) is 13.0 Å². The van der Waals surface area contributed by atoms with Crippen molar-refractivity contribution in [1.29, 1.82) is 0 Å². The maximum atomic E-state index is 12.7. The van der Waals surface area contributed by atoms with Crippen LogP contribution in [0, 0.1) is 5.82 Å². The van der Waals surface area contributed by atoms with Crippen molar-refractivity contribution in [2.45, 2.75) is 13.3 Å². The van der Waals surface area contributed by atoms with E-state index in [2.05, 4.69) is 0 Å². The molecule has 86 valence electrons. The van der Waals surface area contributed by atoms with E-state index in [1.807, 2.05) is 12.2 Å². The van der Waals surface area contributed by atoms with Crippen molar-refractivity contribution in [3.05, 3.63) is 40.7 Å². The molecule has 0 radical (unpaired) electrons. The smallest absolute Gasteiger partial charge is 0.185 e. The van der Waals surface area contributed by atoms with Crippen molar-refractivity contribution in [3.8, 4) is 0 Å². The summed E-state index contributed by atoms with van der Waals surface area (Å²) in [6.45, 7) is 1.55. The van der Waals surface area contributed by atoms with E-state index in [1.165, 1.54) is 23.9 Å². The third-order valence-electron chi connectivity index (χ3n) is 1.85. The van der Waals surface area contributed by atoms with Crippen molar-refractivity contribution < 1.29 is 9.18 Å². The van der Waals surface area contributed by atoms with Crippen LogP contribution in [0.25, 0.3) is 6.08 Å². The van der Waals surface area contributed by atoms with Crippen LogP contribution in [0.3, 0.4) is 0 Å². The topological polar surface area (TPSA) is 17.1 Å². The molecule has 1 nitrogen and oxygen atoms in total. The summed E-state index contributed by atoms with van der Waals surface area (Å²) in [5.74, 6) is 0.416. The summed E-state index contributed by atoms with van der Waals surface area (Å²) >= 11 is 7.13. The van der Waals surface area contributed by atoms with Crippen molar-refractivity contribution in [2.24, 2.45) is 0 Å². The first-order chi connectivity index (χ1) is 7.59. The lowest BCUT2D eigenvalue weighted by molar-refractivity contribution is -0.109. The number of hydrogen-bond donors (Lipinski definition) is 0. The quantitative estimate of drug-likeness (QED) is 0.755. The van der Waals surface area contributed by atoms with Gasteiger partial charge in [-0.15, -0.1) is 0 Å². The van der Waals surface area contributed by atoms with E-state index in [0.717, 1.165) is 17.7 Å². The second-order valence-electron chi connectivity index (χ2n) is 3.20. The highest BCUT2D eigenvalue weighted by molar-refractivity contribution is 8.13. The SMILES string of the molecule is CC(=O)SCCC=Cc1ccc(F)cc1Cl. The van der Waals surface area contributed by atoms with Gasteiger partial charge in [-0.3, -0.25) is 4.79 Å². The van der Waals surface area contributed by atoms with E-state index in [4.69, 9.17) is 11.6 Å². The molecular formula is C12H12ClFOS. The highest BCUT2D eigenvalue weighted by Gasteiger charge is 1.98. The van der Waals surface area contributed by atoms with E-state index in [0.29, 0.717) is 5.02 Å². The highest BCUT2D eigenvalue weighted by Crippen LogP contribution is 2.18. The minimum atomic E-state index is -0.339. The number of allylic oxidation sites excluding steroid dienone is 1. The van der Waals surface area contributed by atoms with Crippen molar-refractivity contribution in [2.75, 3.05) is 5.75 Å². The number of carbonyl (C=O) groups is 1. The number of hydrogen-bond acceptors (Lipinski definition) is 2. The van der Waals surface area contributed by atoms with Crippen LogP contribution >= 0.6 is 23.4 Å². The first kappa shape index (κ1) is 13.3. The molecule has 0 fully saturated rings. The summed E-state index contributed by atoms with van der Waals surface area (Å²) < 4.78 is 12.7. The first-order valence-corrected chi connectivity index (χ1v) is 6.21. The Morgan fingerprint density at radius 3 is 2.94 bits per heavy atom. The van der Waals surface area contributed by atoms with Crippen LogP contribution in [0.5, 0.6) is 0 Å². The molecule has 0 unspecified atom stereocenters. The predicted octanol–water partition coefficient (Wildman–Crippen LogP) is 4.16. The Balaban J connectivity index is 2.47. The molecule has 0 aromatic heterocycles. The third-order valence-corrected chi connectivity index (χ3v) is 3.02. The summed E-state index contributed by atoms with van der Waals surface area (Å²) in [4.78, 5) is 10.6. The molecule has 16 heavy (non-hydrogen) atoms. The van der Waals surface area contributed by atoms with Gasteiger partial charge in [-0.25, -0.2) is 4.39 Å². The molecule has 0 N–H and O–H groups in total. The normalized spacial score (nSPS) is 10.9. The molecule has 4 heteroatoms. The molecule has 1 aromatic carbocycles. The summed E-state index contributed by atoms with van der Waals surface area (Å²) in [5, 5.41) is 0.517. The maximum absolute atomic E-state index is 12.7. The van der Waals surface area contributed by atoms with Gasteiger partial charge >= 0.3 is 0 Å². The second-order valence-corrected chi connectivity index (χ2v) is 4.88. The average Bonchev–Trinajstić information content (AvgIpc) is 2.20. The van der Waals surface area contributed by atoms with Crippen LogP contribution in [0.2, 0.25) is 5.02 Å². The van der Waals surface area contributed by atoms with E-state index >= 15 is 0 Å². The summed E-state index contributed by atoms with van der Waals surface area (Å²) in [5.41, 5.74) is 0.788. The van der Waals surface area contributed by atoms with Crippen LogP contribution in [0.4, 0.5) is 4.39 Å². The monoisotopic (exact) mass is 258 g/mol. The van der Waals surface area contributed by atoms with Gasteiger partial charge in [0.25, 0.3) is 0 Å². The summed E-state index contributed by atoms with van der Waals surface area (Å²) in [7, 11) is 0. The number of halogens is 2. The molecule has 0 saturated carbocycles. The van der Waals surface area contributed by atoms with Crippen LogP contribution in [-0.2, 0) is 4.79 Å². The largest absolute Gasteiger partial charge is 0.288 e. The fraction of sp³-hybridized carbons (Fsp3) is 0.250. The average molecular weight is 259 g/mol. The van der Waals surface area contributed by atoms with E-state index in [-0.39, 0.29) is 10.9 Å². The van der Waals surface area contributed by atoms with E-state index in [9.17, 15) is 9.18 Å². The van der Waals surface area contributed by atoms with Gasteiger partial charge in [0.05, 0.1) is 5.02 Å². The standard InChI is InChI=1S/C12H12ClFOS/c1-9(15)16-7-3-2-4-10-5-6-11(14)8-12(10)13/h2,4-6,8H,3,7H2,1H3. The Kier molecular flexibility index (Phi) is 5.56. The van der Waals surface area contributed by atoms with Gasteiger partial charge in [0, 0.05) is 12.7 Å². The molecule has 0 heterocycles. The summed E-state index contributed by atoms with van der Waals surface area (Å²) in [6, 6.07) is 4.29. The van der Waals surface area contributed by atoms with Gasteiger partial charge in [-0.05, 0) is 24.1 Å². The fourth-order valence-electron chi connectivity index (χ4n) is 1.12. The maximum Gasteiger partial charge on any atom is 0.185 e. The van der Waals surface area contributed by atoms with Gasteiger partial charge in [-0.1, -0.05) is 41.6 Å². The van der Waals surface area contributed by atoms with Gasteiger partial charge in [0.2, 0.25) is 0 Å². The molecule has 0 bridgehead atoms. The zero-order chi connectivity index (χ0) is 12.0. The Bertz CT molecular complexity index is 404. The predicted molar refractivity (Wildman–Crippen MR) is 68.2 cm³/mol. The van der Waals surface area contributed by atoms with Crippen LogP contribution < -0.4 is 0 Å². The minimum Gasteiger partial charge on any atom is -0.288 e. The van der Waals surface area contributed by atoms with Crippen molar-refractivity contribution in [3.63, 3.8) is 0 Å². The minimum absolute atomic E-state index is 0.119. The zero-order valence-corrected chi connectivity index (χ0v) is 10.4. The molecule has 1 rings (SSSR count). The Hall–Kier alpha value is -0.800. The Labute approximate surface area is 104 Å². The fourth-order valence-corrected chi connectivity index (χ4v) is 1.89. The molecule has 0 saturated heterocycles. The number of carbonyl (C=O) groups excluding carboxylic acids is 1. The molecule has 0 aliphatic carbocycles. The lowest BCUT2D eigenvalue weighted by Gasteiger charge is -1.97. The van der Waals surface area contributed by atoms with Crippen LogP contribution in [-0.4, -0.2) is 10.9 Å². The van der Waals surface area contributed by atoms with Gasteiger partial charge < -0.3 is 0 Å². The molecule has 0 aliphatic rings. The first-order valence-electron chi connectivity index (χ1n) is 4.84. The molecule has 1 aromatic rings. The van der Waals surface area contributed by atoms with Crippen LogP contribution in [0.1, 0.15) is 18.9 Å². The van der Waals surface area contributed by atoms with Crippen LogP contribution in [0.15, 0.2) is 24.3 Å². The molecule has 0 aliphatic heterocycles. The number of rotatable bonds is 4. The molecule has 0 amide bonds. The number of thioether (sulfide) groups is 1. The molecule has 0 spiro atoms. The van der Waals surface area contributed by atoms with Gasteiger partial charge in [0.15, 0.2) is 5.12 Å². The summed E-state index contributed by atoms with van der Waals surface area (Å²) in [6.07, 6.45) is 4.55. The van der Waals surface area contributed by atoms with Crippen molar-refractivity contribution in [1.82, 2.24) is 0 Å².